The largest absolute Gasteiger partial charge is 0.411 e. The Labute approximate surface area is 156 Å². The third-order valence-corrected chi connectivity index (χ3v) is 5.95. The van der Waals surface area contributed by atoms with Gasteiger partial charge in [-0.15, -0.1) is 10.2 Å². The van der Waals surface area contributed by atoms with E-state index in [1.807, 2.05) is 12.1 Å². The van der Waals surface area contributed by atoms with Crippen molar-refractivity contribution in [3.05, 3.63) is 29.3 Å². The van der Waals surface area contributed by atoms with Gasteiger partial charge in [0, 0.05) is 16.6 Å². The van der Waals surface area contributed by atoms with E-state index in [0.29, 0.717) is 28.0 Å². The first-order chi connectivity index (χ1) is 12.0. The molecule has 0 radical (unpaired) electrons. The lowest BCUT2D eigenvalue weighted by Gasteiger charge is -2.34. The number of amides is 1. The molecular formula is C18H22ClN3O2S. The van der Waals surface area contributed by atoms with Crippen molar-refractivity contribution in [3.63, 3.8) is 0 Å². The van der Waals surface area contributed by atoms with Gasteiger partial charge in [0.1, 0.15) is 0 Å². The zero-order valence-electron chi connectivity index (χ0n) is 14.4. The minimum absolute atomic E-state index is 0.0159. The average molecular weight is 380 g/mol. The van der Waals surface area contributed by atoms with Gasteiger partial charge in [-0.25, -0.2) is 0 Å². The number of carbonyl (C=O) groups is 1. The van der Waals surface area contributed by atoms with Crippen LogP contribution in [0.2, 0.25) is 5.02 Å². The highest BCUT2D eigenvalue weighted by atomic mass is 35.5. The Bertz CT molecular complexity index is 719. The first-order valence-corrected chi connectivity index (χ1v) is 9.91. The first-order valence-electron chi connectivity index (χ1n) is 8.54. The van der Waals surface area contributed by atoms with Crippen LogP contribution in [0.5, 0.6) is 0 Å². The molecule has 0 aliphatic heterocycles. The van der Waals surface area contributed by atoms with E-state index in [-0.39, 0.29) is 17.7 Å². The Hall–Kier alpha value is -1.53. The zero-order valence-corrected chi connectivity index (χ0v) is 15.9. The Morgan fingerprint density at radius 3 is 2.80 bits per heavy atom. The maximum Gasteiger partial charge on any atom is 0.277 e. The van der Waals surface area contributed by atoms with Crippen LogP contribution in [0.3, 0.4) is 0 Å². The maximum absolute atomic E-state index is 12.2. The number of hydrogen-bond donors (Lipinski definition) is 1. The van der Waals surface area contributed by atoms with Gasteiger partial charge in [-0.05, 0) is 42.5 Å². The number of thioether (sulfide) groups is 1. The highest BCUT2D eigenvalue weighted by Gasteiger charge is 2.28. The van der Waals surface area contributed by atoms with Crippen molar-refractivity contribution in [1.29, 1.82) is 0 Å². The number of nitrogens with one attached hydrogen (secondary N) is 1. The summed E-state index contributed by atoms with van der Waals surface area (Å²) in [4.78, 5) is 12.2. The zero-order chi connectivity index (χ0) is 17.8. The lowest BCUT2D eigenvalue weighted by molar-refractivity contribution is -0.120. The lowest BCUT2D eigenvalue weighted by Crippen LogP contribution is -2.44. The van der Waals surface area contributed by atoms with Gasteiger partial charge in [-0.2, -0.15) is 0 Å². The predicted octanol–water partition coefficient (Wildman–Crippen LogP) is 4.42. The summed E-state index contributed by atoms with van der Waals surface area (Å²) in [5.74, 6) is 1.89. The molecule has 2 aromatic rings. The van der Waals surface area contributed by atoms with Crippen molar-refractivity contribution in [2.45, 2.75) is 44.4 Å². The van der Waals surface area contributed by atoms with Gasteiger partial charge in [0.25, 0.3) is 5.22 Å². The fourth-order valence-corrected chi connectivity index (χ4v) is 3.84. The number of aromatic nitrogens is 2. The molecule has 1 aliphatic rings. The Morgan fingerprint density at radius 1 is 1.28 bits per heavy atom. The van der Waals surface area contributed by atoms with Gasteiger partial charge in [0.05, 0.1) is 5.75 Å². The molecule has 1 aromatic carbocycles. The predicted molar refractivity (Wildman–Crippen MR) is 99.6 cm³/mol. The van der Waals surface area contributed by atoms with Crippen LogP contribution >= 0.6 is 23.4 Å². The lowest BCUT2D eigenvalue weighted by atomic mass is 9.78. The van der Waals surface area contributed by atoms with Gasteiger partial charge in [0.15, 0.2) is 0 Å². The average Bonchev–Trinajstić information content (AvgIpc) is 3.07. The van der Waals surface area contributed by atoms with Gasteiger partial charge >= 0.3 is 0 Å². The molecule has 5 nitrogen and oxygen atoms in total. The van der Waals surface area contributed by atoms with Crippen molar-refractivity contribution in [2.24, 2.45) is 11.8 Å². The molecule has 1 fully saturated rings. The molecule has 1 heterocycles. The molecule has 0 bridgehead atoms. The van der Waals surface area contributed by atoms with Crippen molar-refractivity contribution in [3.8, 4) is 11.5 Å². The third-order valence-electron chi connectivity index (χ3n) is 4.88. The molecule has 3 rings (SSSR count). The van der Waals surface area contributed by atoms with Crippen LogP contribution in [-0.2, 0) is 4.79 Å². The molecule has 1 aliphatic carbocycles. The third kappa shape index (κ3) is 4.76. The molecule has 1 saturated carbocycles. The smallest absolute Gasteiger partial charge is 0.277 e. The summed E-state index contributed by atoms with van der Waals surface area (Å²) in [5, 5.41) is 12.2. The summed E-state index contributed by atoms with van der Waals surface area (Å²) in [6.07, 6.45) is 3.48. The van der Waals surface area contributed by atoms with Crippen molar-refractivity contribution >= 4 is 29.3 Å². The Morgan fingerprint density at radius 2 is 2.04 bits per heavy atom. The fraction of sp³-hybridized carbons (Fsp3) is 0.500. The van der Waals surface area contributed by atoms with E-state index in [9.17, 15) is 4.79 Å². The number of hydrogen-bond acceptors (Lipinski definition) is 5. The number of carbonyl (C=O) groups excluding carboxylic acids is 1. The van der Waals surface area contributed by atoms with Crippen LogP contribution in [0.25, 0.3) is 11.5 Å². The van der Waals surface area contributed by atoms with Gasteiger partial charge < -0.3 is 9.73 Å². The van der Waals surface area contributed by atoms with E-state index >= 15 is 0 Å². The summed E-state index contributed by atoms with van der Waals surface area (Å²) in [6.45, 7) is 4.48. The number of halogens is 1. The van der Waals surface area contributed by atoms with Crippen molar-refractivity contribution in [1.82, 2.24) is 15.5 Å². The van der Waals surface area contributed by atoms with Crippen LogP contribution in [0, 0.1) is 11.8 Å². The summed E-state index contributed by atoms with van der Waals surface area (Å²) < 4.78 is 5.61. The van der Waals surface area contributed by atoms with E-state index in [4.69, 9.17) is 16.0 Å². The summed E-state index contributed by atoms with van der Waals surface area (Å²) >= 11 is 7.13. The normalized spacial score (nSPS) is 23.4. The van der Waals surface area contributed by atoms with Crippen LogP contribution in [0.4, 0.5) is 0 Å². The SMILES string of the molecule is C[C@@H]1[C@H](C)CCC[C@H]1NC(=O)CSc1nnc(-c2ccc(Cl)cc2)o1. The van der Waals surface area contributed by atoms with Crippen LogP contribution in [0.15, 0.2) is 33.9 Å². The van der Waals surface area contributed by atoms with E-state index in [1.165, 1.54) is 24.6 Å². The summed E-state index contributed by atoms with van der Waals surface area (Å²) in [6, 6.07) is 7.45. The number of rotatable bonds is 5. The standard InChI is InChI=1S/C18H22ClN3O2S/c1-11-4-3-5-15(12(11)2)20-16(23)10-25-18-22-21-17(24-18)13-6-8-14(19)9-7-13/h6-9,11-12,15H,3-5,10H2,1-2H3,(H,20,23)/t11-,12-,15-/m1/s1. The number of benzene rings is 1. The second-order valence-electron chi connectivity index (χ2n) is 6.61. The first kappa shape index (κ1) is 18.3. The van der Waals surface area contributed by atoms with E-state index < -0.39 is 0 Å². The molecule has 1 aromatic heterocycles. The molecule has 7 heteroatoms. The quantitative estimate of drug-likeness (QED) is 0.778. The van der Waals surface area contributed by atoms with Crippen LogP contribution in [-0.4, -0.2) is 27.9 Å². The second kappa shape index (κ2) is 8.23. The molecule has 0 spiro atoms. The second-order valence-corrected chi connectivity index (χ2v) is 7.97. The molecule has 134 valence electrons. The Balaban J connectivity index is 1.52. The van der Waals surface area contributed by atoms with Crippen molar-refractivity contribution in [2.75, 3.05) is 5.75 Å². The van der Waals surface area contributed by atoms with Crippen LogP contribution in [0.1, 0.15) is 33.1 Å². The summed E-state index contributed by atoms with van der Waals surface area (Å²) in [5.41, 5.74) is 0.804. The van der Waals surface area contributed by atoms with E-state index in [2.05, 4.69) is 29.4 Å². The molecule has 25 heavy (non-hydrogen) atoms. The van der Waals surface area contributed by atoms with E-state index in [0.717, 1.165) is 12.0 Å². The number of nitrogens with zero attached hydrogens (tertiary/aromatic N) is 2. The summed E-state index contributed by atoms with van der Waals surface area (Å²) in [7, 11) is 0. The minimum atomic E-state index is 0.0159. The minimum Gasteiger partial charge on any atom is -0.411 e. The van der Waals surface area contributed by atoms with Gasteiger partial charge in [0.2, 0.25) is 11.8 Å². The van der Waals surface area contributed by atoms with Gasteiger partial charge in [-0.1, -0.05) is 50.1 Å². The van der Waals surface area contributed by atoms with Gasteiger partial charge in [-0.3, -0.25) is 4.79 Å². The topological polar surface area (TPSA) is 68.0 Å². The highest BCUT2D eigenvalue weighted by Crippen LogP contribution is 2.30. The molecule has 1 amide bonds. The van der Waals surface area contributed by atoms with Crippen molar-refractivity contribution < 1.29 is 9.21 Å². The molecule has 1 N–H and O–H groups in total. The maximum atomic E-state index is 12.2. The highest BCUT2D eigenvalue weighted by molar-refractivity contribution is 7.99. The van der Waals surface area contributed by atoms with Crippen LogP contribution < -0.4 is 5.32 Å². The monoisotopic (exact) mass is 379 g/mol. The Kier molecular flexibility index (Phi) is 6.02. The molecule has 3 atom stereocenters. The molecule has 0 saturated heterocycles. The molecular weight excluding hydrogens is 358 g/mol. The molecule has 0 unspecified atom stereocenters. The van der Waals surface area contributed by atoms with E-state index in [1.54, 1.807) is 12.1 Å². The fourth-order valence-electron chi connectivity index (χ4n) is 3.14.